The Morgan fingerprint density at radius 3 is 2.68 bits per heavy atom. The van der Waals surface area contributed by atoms with Crippen molar-refractivity contribution in [3.63, 3.8) is 0 Å². The van der Waals surface area contributed by atoms with E-state index in [9.17, 15) is 8.78 Å². The molecular weight excluding hydrogens is 246 g/mol. The number of aryl methyl sites for hydroxylation is 1. The highest BCUT2D eigenvalue weighted by Gasteiger charge is 2.15. The van der Waals surface area contributed by atoms with Crippen molar-refractivity contribution < 1.29 is 8.78 Å². The van der Waals surface area contributed by atoms with Crippen molar-refractivity contribution in [2.75, 3.05) is 7.05 Å². The lowest BCUT2D eigenvalue weighted by molar-refractivity contribution is 0.539. The number of hydrogen-bond acceptors (Lipinski definition) is 2. The van der Waals surface area contributed by atoms with Gasteiger partial charge in [0.25, 0.3) is 0 Å². The minimum atomic E-state index is -0.556. The van der Waals surface area contributed by atoms with Crippen LogP contribution in [0, 0.1) is 18.6 Å². The van der Waals surface area contributed by atoms with Crippen LogP contribution >= 0.6 is 0 Å². The van der Waals surface area contributed by atoms with E-state index >= 15 is 0 Å². The quantitative estimate of drug-likeness (QED) is 0.915. The number of halogens is 2. The van der Waals surface area contributed by atoms with Crippen molar-refractivity contribution >= 4 is 0 Å². The zero-order chi connectivity index (χ0) is 13.8. The first-order valence-corrected chi connectivity index (χ1v) is 6.13. The minimum absolute atomic E-state index is 0.0475. The molecule has 0 aliphatic carbocycles. The fourth-order valence-electron chi connectivity index (χ4n) is 2.12. The molecule has 0 fully saturated rings. The average molecular weight is 262 g/mol. The summed E-state index contributed by atoms with van der Waals surface area (Å²) in [5, 5.41) is 3.15. The molecule has 0 saturated carbocycles. The van der Waals surface area contributed by atoms with E-state index in [0.29, 0.717) is 12.0 Å². The van der Waals surface area contributed by atoms with Gasteiger partial charge in [-0.05, 0) is 49.2 Å². The predicted molar refractivity (Wildman–Crippen MR) is 70.8 cm³/mol. The van der Waals surface area contributed by atoms with Crippen LogP contribution in [0.5, 0.6) is 0 Å². The molecular formula is C15H16F2N2. The summed E-state index contributed by atoms with van der Waals surface area (Å²) in [6.45, 7) is 1.99. The molecule has 1 aromatic carbocycles. The molecule has 100 valence electrons. The molecule has 19 heavy (non-hydrogen) atoms. The van der Waals surface area contributed by atoms with Crippen molar-refractivity contribution in [1.82, 2.24) is 10.3 Å². The summed E-state index contributed by atoms with van der Waals surface area (Å²) in [5.41, 5.74) is 2.61. The number of nitrogens with zero attached hydrogens (tertiary/aromatic N) is 1. The highest BCUT2D eigenvalue weighted by atomic mass is 19.1. The second kappa shape index (κ2) is 5.89. The van der Waals surface area contributed by atoms with Gasteiger partial charge in [-0.15, -0.1) is 0 Å². The second-order valence-electron chi connectivity index (χ2n) is 4.51. The lowest BCUT2D eigenvalue weighted by atomic mass is 9.97. The van der Waals surface area contributed by atoms with Crippen LogP contribution in [0.2, 0.25) is 0 Å². The lowest BCUT2D eigenvalue weighted by Gasteiger charge is -2.18. The monoisotopic (exact) mass is 262 g/mol. The molecule has 1 N–H and O–H groups in total. The Morgan fingerprint density at radius 1 is 1.26 bits per heavy atom. The Kier molecular flexibility index (Phi) is 4.22. The Balaban J connectivity index is 2.27. The number of rotatable bonds is 4. The van der Waals surface area contributed by atoms with Crippen molar-refractivity contribution in [2.45, 2.75) is 19.4 Å². The maximum absolute atomic E-state index is 13.7. The van der Waals surface area contributed by atoms with Crippen LogP contribution < -0.4 is 5.32 Å². The van der Waals surface area contributed by atoms with Crippen LogP contribution in [0.15, 0.2) is 36.7 Å². The predicted octanol–water partition coefficient (Wildman–Crippen LogP) is 3.17. The first-order chi connectivity index (χ1) is 9.11. The van der Waals surface area contributed by atoms with E-state index in [2.05, 4.69) is 10.3 Å². The van der Waals surface area contributed by atoms with E-state index in [1.165, 1.54) is 12.1 Å². The highest BCUT2D eigenvalue weighted by Crippen LogP contribution is 2.22. The van der Waals surface area contributed by atoms with E-state index in [1.807, 2.05) is 20.0 Å². The third kappa shape index (κ3) is 3.15. The van der Waals surface area contributed by atoms with Crippen LogP contribution in [-0.4, -0.2) is 12.0 Å². The maximum atomic E-state index is 13.7. The zero-order valence-corrected chi connectivity index (χ0v) is 11.0. The largest absolute Gasteiger partial charge is 0.313 e. The Morgan fingerprint density at radius 2 is 2.05 bits per heavy atom. The Hall–Kier alpha value is -1.81. The summed E-state index contributed by atoms with van der Waals surface area (Å²) in [6.07, 6.45) is 3.96. The molecule has 2 rings (SSSR count). The SMILES string of the molecule is CNC(Cc1ccc(F)cc1F)c1cnccc1C. The van der Waals surface area contributed by atoms with Gasteiger partial charge in [0.05, 0.1) is 0 Å². The second-order valence-corrected chi connectivity index (χ2v) is 4.51. The number of benzene rings is 1. The molecule has 4 heteroatoms. The van der Waals surface area contributed by atoms with Crippen molar-refractivity contribution in [3.05, 3.63) is 65.0 Å². The van der Waals surface area contributed by atoms with Gasteiger partial charge >= 0.3 is 0 Å². The van der Waals surface area contributed by atoms with Crippen molar-refractivity contribution in [3.8, 4) is 0 Å². The van der Waals surface area contributed by atoms with E-state index < -0.39 is 11.6 Å². The number of likely N-dealkylation sites (N-methyl/N-ethyl adjacent to an activating group) is 1. The first kappa shape index (κ1) is 13.6. The molecule has 1 atom stereocenters. The van der Waals surface area contributed by atoms with Crippen molar-refractivity contribution in [1.29, 1.82) is 0 Å². The topological polar surface area (TPSA) is 24.9 Å². The summed E-state index contributed by atoms with van der Waals surface area (Å²) in [4.78, 5) is 4.10. The summed E-state index contributed by atoms with van der Waals surface area (Å²) in [7, 11) is 1.82. The average Bonchev–Trinajstić information content (AvgIpc) is 2.39. The molecule has 0 spiro atoms. The van der Waals surface area contributed by atoms with Gasteiger partial charge in [-0.3, -0.25) is 4.98 Å². The molecule has 0 radical (unpaired) electrons. The fraction of sp³-hybridized carbons (Fsp3) is 0.267. The summed E-state index contributed by atoms with van der Waals surface area (Å²) in [6, 6.07) is 5.55. The molecule has 0 aliphatic rings. The van der Waals surface area contributed by atoms with E-state index in [1.54, 1.807) is 12.4 Å². The van der Waals surface area contributed by atoms with Gasteiger partial charge in [0.1, 0.15) is 11.6 Å². The molecule has 0 aliphatic heterocycles. The number of pyridine rings is 1. The molecule has 0 bridgehead atoms. The van der Waals surface area contributed by atoms with Crippen molar-refractivity contribution in [2.24, 2.45) is 0 Å². The third-order valence-electron chi connectivity index (χ3n) is 3.24. The standard InChI is InChI=1S/C15H16F2N2/c1-10-5-6-19-9-13(10)15(18-2)7-11-3-4-12(16)8-14(11)17/h3-6,8-9,15,18H,7H2,1-2H3. The molecule has 1 heterocycles. The van der Waals surface area contributed by atoms with Crippen LogP contribution in [0.3, 0.4) is 0 Å². The summed E-state index contributed by atoms with van der Waals surface area (Å²) in [5.74, 6) is -1.07. The van der Waals surface area contributed by atoms with Crippen LogP contribution in [0.25, 0.3) is 0 Å². The minimum Gasteiger partial charge on any atom is -0.313 e. The van der Waals surface area contributed by atoms with Gasteiger partial charge in [0, 0.05) is 24.5 Å². The first-order valence-electron chi connectivity index (χ1n) is 6.13. The smallest absolute Gasteiger partial charge is 0.129 e. The van der Waals surface area contributed by atoms with E-state index in [4.69, 9.17) is 0 Å². The van der Waals surface area contributed by atoms with E-state index in [-0.39, 0.29) is 6.04 Å². The number of hydrogen-bond donors (Lipinski definition) is 1. The van der Waals surface area contributed by atoms with Gasteiger partial charge in [-0.2, -0.15) is 0 Å². The van der Waals surface area contributed by atoms with Gasteiger partial charge < -0.3 is 5.32 Å². The molecule has 0 amide bonds. The maximum Gasteiger partial charge on any atom is 0.129 e. The zero-order valence-electron chi connectivity index (χ0n) is 11.0. The fourth-order valence-corrected chi connectivity index (χ4v) is 2.12. The molecule has 1 unspecified atom stereocenters. The Bertz CT molecular complexity index is 570. The lowest BCUT2D eigenvalue weighted by Crippen LogP contribution is -2.20. The summed E-state index contributed by atoms with van der Waals surface area (Å²) >= 11 is 0. The molecule has 1 aromatic heterocycles. The number of aromatic nitrogens is 1. The third-order valence-corrected chi connectivity index (χ3v) is 3.24. The van der Waals surface area contributed by atoms with Gasteiger partial charge in [-0.1, -0.05) is 6.07 Å². The molecule has 0 saturated heterocycles. The van der Waals surface area contributed by atoms with Crippen LogP contribution in [0.4, 0.5) is 8.78 Å². The number of nitrogens with one attached hydrogen (secondary N) is 1. The highest BCUT2D eigenvalue weighted by molar-refractivity contribution is 5.28. The normalized spacial score (nSPS) is 12.4. The van der Waals surface area contributed by atoms with E-state index in [0.717, 1.165) is 17.2 Å². The van der Waals surface area contributed by atoms with Gasteiger partial charge in [0.15, 0.2) is 0 Å². The van der Waals surface area contributed by atoms with Gasteiger partial charge in [0.2, 0.25) is 0 Å². The molecule has 2 aromatic rings. The molecule has 2 nitrogen and oxygen atoms in total. The Labute approximate surface area is 111 Å². The van der Waals surface area contributed by atoms with Crippen LogP contribution in [-0.2, 0) is 6.42 Å². The summed E-state index contributed by atoms with van der Waals surface area (Å²) < 4.78 is 26.6. The van der Waals surface area contributed by atoms with Crippen LogP contribution in [0.1, 0.15) is 22.7 Å². The van der Waals surface area contributed by atoms with Gasteiger partial charge in [-0.25, -0.2) is 8.78 Å².